The van der Waals surface area contributed by atoms with E-state index in [0.717, 1.165) is 24.3 Å². The normalized spacial score (nSPS) is 16.2. The molecule has 0 N–H and O–H groups in total. The van der Waals surface area contributed by atoms with Gasteiger partial charge in [0.05, 0.1) is 11.2 Å². The standard InChI is InChI=1S/C15H18N2O/c1-16-13-8-4-3-7-12(13)14(11-15(16)18)17-9-5-2-6-10-17/h3-4,7-8,11H,2,5-6,9-10H2,1H3. The van der Waals surface area contributed by atoms with Crippen molar-refractivity contribution in [3.63, 3.8) is 0 Å². The van der Waals surface area contributed by atoms with Crippen LogP contribution in [0.15, 0.2) is 35.1 Å². The lowest BCUT2D eigenvalue weighted by atomic mass is 10.1. The Balaban J connectivity index is 2.22. The number of nitrogens with zero attached hydrogens (tertiary/aromatic N) is 2. The molecular formula is C15H18N2O. The van der Waals surface area contributed by atoms with Gasteiger partial charge < -0.3 is 9.47 Å². The van der Waals surface area contributed by atoms with E-state index in [4.69, 9.17) is 0 Å². The number of aromatic nitrogens is 1. The topological polar surface area (TPSA) is 25.2 Å². The summed E-state index contributed by atoms with van der Waals surface area (Å²) in [6.45, 7) is 2.13. The second-order valence-corrected chi connectivity index (χ2v) is 4.99. The van der Waals surface area contributed by atoms with Gasteiger partial charge in [0.25, 0.3) is 5.56 Å². The van der Waals surface area contributed by atoms with E-state index in [0.29, 0.717) is 0 Å². The van der Waals surface area contributed by atoms with Gasteiger partial charge in [-0.1, -0.05) is 18.2 Å². The number of aryl methyl sites for hydroxylation is 1. The number of anilines is 1. The van der Waals surface area contributed by atoms with E-state index >= 15 is 0 Å². The minimum absolute atomic E-state index is 0.0780. The second-order valence-electron chi connectivity index (χ2n) is 4.99. The van der Waals surface area contributed by atoms with Crippen molar-refractivity contribution in [2.75, 3.05) is 18.0 Å². The second kappa shape index (κ2) is 4.48. The lowest BCUT2D eigenvalue weighted by Gasteiger charge is -2.30. The van der Waals surface area contributed by atoms with Crippen LogP contribution in [0.3, 0.4) is 0 Å². The molecule has 3 nitrogen and oxygen atoms in total. The van der Waals surface area contributed by atoms with Gasteiger partial charge in [0.1, 0.15) is 0 Å². The number of fused-ring (bicyclic) bond motifs is 1. The van der Waals surface area contributed by atoms with Crippen molar-refractivity contribution in [2.45, 2.75) is 19.3 Å². The minimum Gasteiger partial charge on any atom is -0.371 e. The Kier molecular flexibility index (Phi) is 2.82. The van der Waals surface area contributed by atoms with Crippen molar-refractivity contribution in [2.24, 2.45) is 7.05 Å². The highest BCUT2D eigenvalue weighted by Gasteiger charge is 2.15. The van der Waals surface area contributed by atoms with E-state index in [1.54, 1.807) is 10.6 Å². The number of benzene rings is 1. The summed E-state index contributed by atoms with van der Waals surface area (Å²) in [5, 5.41) is 1.18. The third kappa shape index (κ3) is 1.80. The van der Waals surface area contributed by atoms with Crippen molar-refractivity contribution < 1.29 is 0 Å². The minimum atomic E-state index is 0.0780. The number of hydrogen-bond donors (Lipinski definition) is 0. The molecule has 0 radical (unpaired) electrons. The Hall–Kier alpha value is -1.77. The molecule has 1 aromatic heterocycles. The fraction of sp³-hybridized carbons (Fsp3) is 0.400. The first kappa shape index (κ1) is 11.3. The van der Waals surface area contributed by atoms with Gasteiger partial charge in [-0.15, -0.1) is 0 Å². The van der Waals surface area contributed by atoms with Crippen LogP contribution in [0.25, 0.3) is 10.9 Å². The van der Waals surface area contributed by atoms with Crippen LogP contribution in [0.1, 0.15) is 19.3 Å². The first-order valence-electron chi connectivity index (χ1n) is 6.61. The first-order valence-corrected chi connectivity index (χ1v) is 6.61. The molecule has 0 saturated carbocycles. The Morgan fingerprint density at radius 3 is 2.56 bits per heavy atom. The van der Waals surface area contributed by atoms with Gasteiger partial charge in [-0.25, -0.2) is 0 Å². The maximum atomic E-state index is 12.0. The summed E-state index contributed by atoms with van der Waals surface area (Å²) < 4.78 is 1.72. The van der Waals surface area contributed by atoms with Crippen LogP contribution >= 0.6 is 0 Å². The first-order chi connectivity index (χ1) is 8.77. The molecule has 18 heavy (non-hydrogen) atoms. The molecule has 3 rings (SSSR count). The fourth-order valence-electron chi connectivity index (χ4n) is 2.79. The Morgan fingerprint density at radius 2 is 1.78 bits per heavy atom. The molecule has 1 aliphatic heterocycles. The number of pyridine rings is 1. The Labute approximate surface area is 107 Å². The monoisotopic (exact) mass is 242 g/mol. The van der Waals surface area contributed by atoms with Crippen LogP contribution in [-0.2, 0) is 7.05 Å². The molecule has 2 heterocycles. The van der Waals surface area contributed by atoms with Crippen LogP contribution in [0.4, 0.5) is 5.69 Å². The third-order valence-corrected chi connectivity index (χ3v) is 3.83. The van der Waals surface area contributed by atoms with Crippen LogP contribution in [0.2, 0.25) is 0 Å². The highest BCUT2D eigenvalue weighted by molar-refractivity contribution is 5.91. The van der Waals surface area contributed by atoms with Gasteiger partial charge in [-0.3, -0.25) is 4.79 Å². The SMILES string of the molecule is Cn1c(=O)cc(N2CCCCC2)c2ccccc21. The fourth-order valence-corrected chi connectivity index (χ4v) is 2.79. The molecule has 1 fully saturated rings. The van der Waals surface area contributed by atoms with Gasteiger partial charge in [0, 0.05) is 31.6 Å². The zero-order chi connectivity index (χ0) is 12.5. The zero-order valence-electron chi connectivity index (χ0n) is 10.7. The predicted molar refractivity (Wildman–Crippen MR) is 75.3 cm³/mol. The molecule has 94 valence electrons. The summed E-state index contributed by atoms with van der Waals surface area (Å²) in [6, 6.07) is 9.94. The molecule has 0 aliphatic carbocycles. The summed E-state index contributed by atoms with van der Waals surface area (Å²) in [6.07, 6.45) is 3.76. The van der Waals surface area contributed by atoms with Gasteiger partial charge in [0.15, 0.2) is 0 Å². The molecular weight excluding hydrogens is 224 g/mol. The number of piperidine rings is 1. The highest BCUT2D eigenvalue weighted by atomic mass is 16.1. The molecule has 2 aromatic rings. The number of rotatable bonds is 1. The molecule has 1 aromatic carbocycles. The molecule has 3 heteroatoms. The van der Waals surface area contributed by atoms with Crippen LogP contribution < -0.4 is 10.5 Å². The average Bonchev–Trinajstić information content (AvgIpc) is 2.44. The van der Waals surface area contributed by atoms with Gasteiger partial charge in [0.2, 0.25) is 0 Å². The summed E-state index contributed by atoms with van der Waals surface area (Å²) >= 11 is 0. The summed E-state index contributed by atoms with van der Waals surface area (Å²) in [5.74, 6) is 0. The molecule has 0 atom stereocenters. The van der Waals surface area contributed by atoms with E-state index in [2.05, 4.69) is 11.0 Å². The number of para-hydroxylation sites is 1. The van der Waals surface area contributed by atoms with E-state index in [1.807, 2.05) is 25.2 Å². The smallest absolute Gasteiger partial charge is 0.252 e. The average molecular weight is 242 g/mol. The van der Waals surface area contributed by atoms with Crippen molar-refractivity contribution in [3.05, 3.63) is 40.7 Å². The molecule has 0 amide bonds. The van der Waals surface area contributed by atoms with E-state index < -0.39 is 0 Å². The van der Waals surface area contributed by atoms with Gasteiger partial charge in [-0.2, -0.15) is 0 Å². The largest absolute Gasteiger partial charge is 0.371 e. The van der Waals surface area contributed by atoms with Crippen molar-refractivity contribution >= 4 is 16.6 Å². The summed E-state index contributed by atoms with van der Waals surface area (Å²) in [4.78, 5) is 14.4. The zero-order valence-corrected chi connectivity index (χ0v) is 10.7. The van der Waals surface area contributed by atoms with Gasteiger partial charge in [-0.05, 0) is 25.3 Å². The summed E-state index contributed by atoms with van der Waals surface area (Å²) in [7, 11) is 1.84. The van der Waals surface area contributed by atoms with Crippen LogP contribution in [-0.4, -0.2) is 17.7 Å². The van der Waals surface area contributed by atoms with E-state index in [1.165, 1.54) is 24.6 Å². The molecule has 1 aliphatic rings. The lowest BCUT2D eigenvalue weighted by Crippen LogP contribution is -2.31. The predicted octanol–water partition coefficient (Wildman–Crippen LogP) is 2.53. The Morgan fingerprint density at radius 1 is 1.06 bits per heavy atom. The molecule has 1 saturated heterocycles. The number of hydrogen-bond acceptors (Lipinski definition) is 2. The maximum absolute atomic E-state index is 12.0. The lowest BCUT2D eigenvalue weighted by molar-refractivity contribution is 0.578. The van der Waals surface area contributed by atoms with E-state index in [9.17, 15) is 4.79 Å². The van der Waals surface area contributed by atoms with Crippen LogP contribution in [0.5, 0.6) is 0 Å². The highest BCUT2D eigenvalue weighted by Crippen LogP contribution is 2.26. The third-order valence-electron chi connectivity index (χ3n) is 3.83. The summed E-state index contributed by atoms with van der Waals surface area (Å²) in [5.41, 5.74) is 2.20. The quantitative estimate of drug-likeness (QED) is 0.767. The Bertz CT molecular complexity index is 624. The van der Waals surface area contributed by atoms with Crippen molar-refractivity contribution in [1.82, 2.24) is 4.57 Å². The maximum Gasteiger partial charge on any atom is 0.252 e. The van der Waals surface area contributed by atoms with E-state index in [-0.39, 0.29) is 5.56 Å². The van der Waals surface area contributed by atoms with Crippen molar-refractivity contribution in [3.8, 4) is 0 Å². The van der Waals surface area contributed by atoms with Crippen LogP contribution in [0, 0.1) is 0 Å². The van der Waals surface area contributed by atoms with Gasteiger partial charge >= 0.3 is 0 Å². The molecule has 0 spiro atoms. The van der Waals surface area contributed by atoms with Crippen molar-refractivity contribution in [1.29, 1.82) is 0 Å². The molecule has 0 unspecified atom stereocenters. The molecule has 0 bridgehead atoms.